The van der Waals surface area contributed by atoms with Crippen molar-refractivity contribution in [3.8, 4) is 11.5 Å². The Bertz CT molecular complexity index is 894. The standard InChI is InChI=1S/C15H15N3O6S/c1-2-24-12-4-6-13(7-5-12)25(22,23)17-16-10-11-3-8-15(19)14(9-11)18(20)21/h3-10,17,19H,2H2,1H3/b16-10+. The summed E-state index contributed by atoms with van der Waals surface area (Å²) < 4.78 is 29.4. The van der Waals surface area contributed by atoms with Gasteiger partial charge in [-0.05, 0) is 43.3 Å². The number of aromatic hydroxyl groups is 1. The van der Waals surface area contributed by atoms with E-state index in [1.54, 1.807) is 0 Å². The van der Waals surface area contributed by atoms with Crippen LogP contribution in [0.5, 0.6) is 11.5 Å². The number of hydrogen-bond donors (Lipinski definition) is 2. The van der Waals surface area contributed by atoms with Crippen LogP contribution in [-0.2, 0) is 10.0 Å². The van der Waals surface area contributed by atoms with Crippen molar-refractivity contribution in [1.82, 2.24) is 4.83 Å². The fourth-order valence-corrected chi connectivity index (χ4v) is 2.66. The van der Waals surface area contributed by atoms with Gasteiger partial charge in [-0.15, -0.1) is 0 Å². The summed E-state index contributed by atoms with van der Waals surface area (Å²) in [6, 6.07) is 9.33. The predicted octanol–water partition coefficient (Wildman–Crippen LogP) is 2.01. The first-order valence-corrected chi connectivity index (χ1v) is 8.57. The van der Waals surface area contributed by atoms with Crippen LogP contribution in [0.4, 0.5) is 5.69 Å². The van der Waals surface area contributed by atoms with Crippen molar-refractivity contribution in [3.05, 3.63) is 58.1 Å². The van der Waals surface area contributed by atoms with E-state index in [2.05, 4.69) is 5.10 Å². The lowest BCUT2D eigenvalue weighted by Crippen LogP contribution is -2.18. The molecule has 0 atom stereocenters. The number of hydrogen-bond acceptors (Lipinski definition) is 7. The van der Waals surface area contributed by atoms with Crippen molar-refractivity contribution in [3.63, 3.8) is 0 Å². The van der Waals surface area contributed by atoms with Gasteiger partial charge in [0, 0.05) is 11.6 Å². The number of ether oxygens (including phenoxy) is 1. The Morgan fingerprint density at radius 3 is 2.56 bits per heavy atom. The average molecular weight is 365 g/mol. The Morgan fingerprint density at radius 2 is 1.96 bits per heavy atom. The molecule has 0 aromatic heterocycles. The molecule has 0 heterocycles. The van der Waals surface area contributed by atoms with Gasteiger partial charge in [-0.3, -0.25) is 10.1 Å². The molecule has 0 fully saturated rings. The molecule has 2 aromatic rings. The Labute approximate surface area is 143 Å². The largest absolute Gasteiger partial charge is 0.502 e. The number of hydrazone groups is 1. The van der Waals surface area contributed by atoms with E-state index in [-0.39, 0.29) is 10.5 Å². The second-order valence-electron chi connectivity index (χ2n) is 4.76. The molecule has 10 heteroatoms. The van der Waals surface area contributed by atoms with Gasteiger partial charge in [0.1, 0.15) is 5.75 Å². The van der Waals surface area contributed by atoms with E-state index in [1.165, 1.54) is 30.3 Å². The van der Waals surface area contributed by atoms with Gasteiger partial charge in [0.2, 0.25) is 0 Å². The molecule has 25 heavy (non-hydrogen) atoms. The lowest BCUT2D eigenvalue weighted by Gasteiger charge is -2.05. The van der Waals surface area contributed by atoms with E-state index >= 15 is 0 Å². The molecule has 0 aliphatic heterocycles. The number of nitrogens with one attached hydrogen (secondary N) is 1. The van der Waals surface area contributed by atoms with Crippen molar-refractivity contribution in [2.45, 2.75) is 11.8 Å². The van der Waals surface area contributed by atoms with Crippen LogP contribution < -0.4 is 9.57 Å². The minimum atomic E-state index is -3.88. The average Bonchev–Trinajstić information content (AvgIpc) is 2.57. The first kappa shape index (κ1) is 18.2. The molecular weight excluding hydrogens is 350 g/mol. The van der Waals surface area contributed by atoms with Crippen LogP contribution in [0, 0.1) is 10.1 Å². The molecule has 2 aromatic carbocycles. The maximum Gasteiger partial charge on any atom is 0.311 e. The van der Waals surface area contributed by atoms with Crippen LogP contribution in [0.25, 0.3) is 0 Å². The first-order chi connectivity index (χ1) is 11.8. The van der Waals surface area contributed by atoms with E-state index < -0.39 is 26.4 Å². The normalized spacial score (nSPS) is 11.4. The molecule has 132 valence electrons. The van der Waals surface area contributed by atoms with Crippen molar-refractivity contribution in [2.24, 2.45) is 5.10 Å². The summed E-state index contributed by atoms with van der Waals surface area (Å²) in [4.78, 5) is 12.0. The van der Waals surface area contributed by atoms with Crippen LogP contribution in [0.15, 0.2) is 52.5 Å². The van der Waals surface area contributed by atoms with E-state index in [1.807, 2.05) is 11.8 Å². The molecule has 0 radical (unpaired) electrons. The van der Waals surface area contributed by atoms with Crippen LogP contribution in [-0.4, -0.2) is 31.3 Å². The summed E-state index contributed by atoms with van der Waals surface area (Å²) in [5.41, 5.74) is -0.253. The molecule has 2 rings (SSSR count). The van der Waals surface area contributed by atoms with Gasteiger partial charge in [-0.2, -0.15) is 13.5 Å². The zero-order chi connectivity index (χ0) is 18.4. The second kappa shape index (κ2) is 7.62. The topological polar surface area (TPSA) is 131 Å². The zero-order valence-corrected chi connectivity index (χ0v) is 13.9. The number of phenols is 1. The maximum absolute atomic E-state index is 12.1. The number of rotatable bonds is 7. The third-order valence-corrected chi connectivity index (χ3v) is 4.27. The molecule has 0 amide bonds. The highest BCUT2D eigenvalue weighted by molar-refractivity contribution is 7.89. The first-order valence-electron chi connectivity index (χ1n) is 7.08. The van der Waals surface area contributed by atoms with Crippen molar-refractivity contribution >= 4 is 21.9 Å². The number of benzene rings is 2. The number of nitro groups is 1. The number of phenolic OH excluding ortho intramolecular Hbond substituents is 1. The Balaban J connectivity index is 2.12. The van der Waals surface area contributed by atoms with Crippen molar-refractivity contribution in [2.75, 3.05) is 6.61 Å². The van der Waals surface area contributed by atoms with Crippen LogP contribution in [0.1, 0.15) is 12.5 Å². The van der Waals surface area contributed by atoms with Gasteiger partial charge in [0.05, 0.1) is 22.6 Å². The number of nitro benzene ring substituents is 1. The molecule has 2 N–H and O–H groups in total. The monoisotopic (exact) mass is 365 g/mol. The van der Waals surface area contributed by atoms with Gasteiger partial charge in [-0.25, -0.2) is 4.83 Å². The summed E-state index contributed by atoms with van der Waals surface area (Å²) in [7, 11) is -3.88. The SMILES string of the molecule is CCOc1ccc(S(=O)(=O)N/N=C/c2ccc(O)c([N+](=O)[O-])c2)cc1. The van der Waals surface area contributed by atoms with E-state index in [0.717, 1.165) is 18.3 Å². The highest BCUT2D eigenvalue weighted by Gasteiger charge is 2.14. The van der Waals surface area contributed by atoms with Crippen molar-refractivity contribution < 1.29 is 23.2 Å². The van der Waals surface area contributed by atoms with Gasteiger partial charge < -0.3 is 9.84 Å². The summed E-state index contributed by atoms with van der Waals surface area (Å²) in [5.74, 6) is 0.0541. The molecule has 0 saturated heterocycles. The molecule has 0 saturated carbocycles. The van der Waals surface area contributed by atoms with Gasteiger partial charge in [0.15, 0.2) is 5.75 Å². The summed E-state index contributed by atoms with van der Waals surface area (Å²) in [6.45, 7) is 2.28. The zero-order valence-electron chi connectivity index (χ0n) is 13.1. The third-order valence-electron chi connectivity index (χ3n) is 3.03. The highest BCUT2D eigenvalue weighted by Crippen LogP contribution is 2.25. The quantitative estimate of drug-likeness (QED) is 0.438. The number of sulfonamides is 1. The lowest BCUT2D eigenvalue weighted by atomic mass is 10.2. The Hall–Kier alpha value is -3.14. The lowest BCUT2D eigenvalue weighted by molar-refractivity contribution is -0.385. The van der Waals surface area contributed by atoms with Gasteiger partial charge >= 0.3 is 5.69 Å². The minimum absolute atomic E-state index is 0.00945. The maximum atomic E-state index is 12.1. The fourth-order valence-electron chi connectivity index (χ4n) is 1.87. The summed E-state index contributed by atoms with van der Waals surface area (Å²) in [5, 5.41) is 23.7. The molecule has 0 spiro atoms. The molecule has 9 nitrogen and oxygen atoms in total. The molecular formula is C15H15N3O6S. The smallest absolute Gasteiger partial charge is 0.311 e. The highest BCUT2D eigenvalue weighted by atomic mass is 32.2. The van der Waals surface area contributed by atoms with E-state index in [9.17, 15) is 23.6 Å². The van der Waals surface area contributed by atoms with E-state index in [0.29, 0.717) is 12.4 Å². The third kappa shape index (κ3) is 4.67. The molecule has 0 unspecified atom stereocenters. The fraction of sp³-hybridized carbons (Fsp3) is 0.133. The van der Waals surface area contributed by atoms with Gasteiger partial charge in [0.25, 0.3) is 10.0 Å². The minimum Gasteiger partial charge on any atom is -0.502 e. The Kier molecular flexibility index (Phi) is 5.55. The second-order valence-corrected chi connectivity index (χ2v) is 6.42. The summed E-state index contributed by atoms with van der Waals surface area (Å²) in [6.07, 6.45) is 1.10. The van der Waals surface area contributed by atoms with Crippen molar-refractivity contribution in [1.29, 1.82) is 0 Å². The summed E-state index contributed by atoms with van der Waals surface area (Å²) >= 11 is 0. The predicted molar refractivity (Wildman–Crippen MR) is 90.3 cm³/mol. The van der Waals surface area contributed by atoms with Crippen LogP contribution in [0.3, 0.4) is 0 Å². The van der Waals surface area contributed by atoms with Crippen LogP contribution >= 0.6 is 0 Å². The Morgan fingerprint density at radius 1 is 1.28 bits per heavy atom. The molecule has 0 bridgehead atoms. The molecule has 0 aliphatic rings. The molecule has 0 aliphatic carbocycles. The number of nitrogens with zero attached hydrogens (tertiary/aromatic N) is 2. The van der Waals surface area contributed by atoms with Crippen LogP contribution in [0.2, 0.25) is 0 Å². The van der Waals surface area contributed by atoms with E-state index in [4.69, 9.17) is 4.74 Å². The van der Waals surface area contributed by atoms with Gasteiger partial charge in [-0.1, -0.05) is 0 Å².